The molecule has 1 aromatic carbocycles. The average Bonchev–Trinajstić information content (AvgIpc) is 2.82. The number of nitrogens with zero attached hydrogens (tertiary/aromatic N) is 1. The zero-order chi connectivity index (χ0) is 15.8. The van der Waals surface area contributed by atoms with Crippen LogP contribution < -0.4 is 4.31 Å². The highest BCUT2D eigenvalue weighted by Gasteiger charge is 2.29. The Balaban J connectivity index is 2.46. The first-order chi connectivity index (χ1) is 9.73. The fraction of sp³-hybridized carbons (Fsp3) is 0.0833. The van der Waals surface area contributed by atoms with Crippen molar-refractivity contribution in [1.82, 2.24) is 0 Å². The van der Waals surface area contributed by atoms with Gasteiger partial charge >= 0.3 is 5.97 Å². The number of sulfonamides is 1. The van der Waals surface area contributed by atoms with Gasteiger partial charge in [0.25, 0.3) is 10.0 Å². The Hall–Kier alpha value is -2.00. The molecule has 112 valence electrons. The molecule has 0 radical (unpaired) electrons. The number of phenols is 1. The van der Waals surface area contributed by atoms with E-state index in [0.29, 0.717) is 5.69 Å². The number of phenolic OH excluding ortho intramolecular Hbond substituents is 1. The summed E-state index contributed by atoms with van der Waals surface area (Å²) in [6.07, 6.45) is 0. The summed E-state index contributed by atoms with van der Waals surface area (Å²) in [4.78, 5) is 10.5. The van der Waals surface area contributed by atoms with Crippen molar-refractivity contribution in [3.63, 3.8) is 0 Å². The van der Waals surface area contributed by atoms with Gasteiger partial charge in [-0.2, -0.15) is 0 Å². The fourth-order valence-corrected chi connectivity index (χ4v) is 3.68. The Kier molecular flexibility index (Phi) is 3.97. The van der Waals surface area contributed by atoms with E-state index in [2.05, 4.69) is 15.9 Å². The molecule has 2 rings (SSSR count). The van der Waals surface area contributed by atoms with E-state index in [1.54, 1.807) is 0 Å². The maximum Gasteiger partial charge on any atom is 0.371 e. The Morgan fingerprint density at radius 1 is 1.29 bits per heavy atom. The highest BCUT2D eigenvalue weighted by atomic mass is 79.9. The molecule has 7 nitrogen and oxygen atoms in total. The van der Waals surface area contributed by atoms with Crippen LogP contribution in [0.3, 0.4) is 0 Å². The van der Waals surface area contributed by atoms with Crippen LogP contribution in [0.4, 0.5) is 5.69 Å². The van der Waals surface area contributed by atoms with Gasteiger partial charge in [-0.1, -0.05) is 0 Å². The Bertz CT molecular complexity index is 781. The topological polar surface area (TPSA) is 108 Å². The van der Waals surface area contributed by atoms with Crippen molar-refractivity contribution in [2.75, 3.05) is 11.4 Å². The molecule has 0 saturated heterocycles. The van der Waals surface area contributed by atoms with E-state index in [1.807, 2.05) is 0 Å². The zero-order valence-electron chi connectivity index (χ0n) is 10.6. The van der Waals surface area contributed by atoms with Crippen molar-refractivity contribution in [2.45, 2.75) is 4.90 Å². The number of carboxylic acids is 1. The summed E-state index contributed by atoms with van der Waals surface area (Å²) in [5.41, 5.74) is 0.303. The highest BCUT2D eigenvalue weighted by Crippen LogP contribution is 2.31. The molecule has 9 heteroatoms. The lowest BCUT2D eigenvalue weighted by molar-refractivity contribution is 0.0661. The number of rotatable bonds is 4. The Morgan fingerprint density at radius 2 is 1.86 bits per heavy atom. The molecule has 0 amide bonds. The summed E-state index contributed by atoms with van der Waals surface area (Å²) in [5, 5.41) is 18.0. The van der Waals surface area contributed by atoms with E-state index in [0.717, 1.165) is 10.4 Å². The molecule has 0 spiro atoms. The highest BCUT2D eigenvalue weighted by molar-refractivity contribution is 9.10. The van der Waals surface area contributed by atoms with Crippen molar-refractivity contribution in [1.29, 1.82) is 0 Å². The van der Waals surface area contributed by atoms with E-state index in [4.69, 9.17) is 9.52 Å². The number of hydrogen-bond acceptors (Lipinski definition) is 5. The number of carbonyl (C=O) groups is 1. The maximum atomic E-state index is 12.5. The molecule has 1 heterocycles. The van der Waals surface area contributed by atoms with Crippen LogP contribution in [0.5, 0.6) is 5.75 Å². The third-order valence-electron chi connectivity index (χ3n) is 2.72. The maximum absolute atomic E-state index is 12.5. The van der Waals surface area contributed by atoms with Crippen molar-refractivity contribution < 1.29 is 27.8 Å². The molecule has 0 bridgehead atoms. The van der Waals surface area contributed by atoms with Crippen LogP contribution in [0.2, 0.25) is 0 Å². The zero-order valence-corrected chi connectivity index (χ0v) is 13.1. The van der Waals surface area contributed by atoms with E-state index < -0.39 is 21.8 Å². The van der Waals surface area contributed by atoms with Crippen molar-refractivity contribution >= 4 is 37.6 Å². The molecule has 0 fully saturated rings. The Morgan fingerprint density at radius 3 is 2.33 bits per heavy atom. The van der Waals surface area contributed by atoms with Crippen molar-refractivity contribution in [3.8, 4) is 5.75 Å². The molecule has 0 aliphatic rings. The van der Waals surface area contributed by atoms with E-state index >= 15 is 0 Å². The largest absolute Gasteiger partial charge is 0.508 e. The summed E-state index contributed by atoms with van der Waals surface area (Å²) in [6.45, 7) is 0. The molecule has 2 N–H and O–H groups in total. The molecule has 0 atom stereocenters. The van der Waals surface area contributed by atoms with Crippen LogP contribution in [0.15, 0.2) is 44.3 Å². The van der Waals surface area contributed by atoms with Crippen LogP contribution in [0.1, 0.15) is 10.6 Å². The predicted octanol–water partition coefficient (Wildman–Crippen LogP) is 2.27. The lowest BCUT2D eigenvalue weighted by Crippen LogP contribution is -2.26. The number of carboxylic acid groups (broad SMARTS) is 1. The summed E-state index contributed by atoms with van der Waals surface area (Å²) in [6, 6.07) is 6.44. The molecule has 0 unspecified atom stereocenters. The van der Waals surface area contributed by atoms with Crippen LogP contribution in [0.25, 0.3) is 0 Å². The SMILES string of the molecule is CN(c1ccc(O)cc1)S(=O)(=O)c1cc(C(=O)O)oc1Br. The van der Waals surface area contributed by atoms with Gasteiger partial charge in [0.05, 0.1) is 5.69 Å². The first kappa shape index (κ1) is 15.4. The second-order valence-electron chi connectivity index (χ2n) is 4.04. The van der Waals surface area contributed by atoms with Crippen molar-refractivity contribution in [3.05, 3.63) is 40.8 Å². The smallest absolute Gasteiger partial charge is 0.371 e. The monoisotopic (exact) mass is 375 g/mol. The lowest BCUT2D eigenvalue weighted by atomic mass is 10.3. The predicted molar refractivity (Wildman–Crippen MR) is 77.1 cm³/mol. The number of aromatic carboxylic acids is 1. The second kappa shape index (κ2) is 5.41. The average molecular weight is 376 g/mol. The van der Waals surface area contributed by atoms with E-state index in [9.17, 15) is 18.3 Å². The quantitative estimate of drug-likeness (QED) is 0.848. The molecule has 0 aliphatic carbocycles. The number of furan rings is 1. The van der Waals surface area contributed by atoms with Crippen LogP contribution in [-0.4, -0.2) is 31.6 Å². The minimum atomic E-state index is -4.00. The van der Waals surface area contributed by atoms with Gasteiger partial charge in [0.2, 0.25) is 5.76 Å². The third kappa shape index (κ3) is 2.88. The van der Waals surface area contributed by atoms with Gasteiger partial charge in [-0.25, -0.2) is 13.2 Å². The fourth-order valence-electron chi connectivity index (χ4n) is 1.58. The number of benzene rings is 1. The minimum Gasteiger partial charge on any atom is -0.508 e. The first-order valence-corrected chi connectivity index (χ1v) is 7.77. The summed E-state index contributed by atoms with van der Waals surface area (Å²) in [5.74, 6) is -1.86. The molecule has 0 saturated carbocycles. The normalized spacial score (nSPS) is 11.3. The van der Waals surface area contributed by atoms with Gasteiger partial charge in [0.15, 0.2) is 4.67 Å². The van der Waals surface area contributed by atoms with Gasteiger partial charge in [0.1, 0.15) is 10.6 Å². The molecule has 0 aliphatic heterocycles. The van der Waals surface area contributed by atoms with Gasteiger partial charge < -0.3 is 14.6 Å². The van der Waals surface area contributed by atoms with Crippen LogP contribution >= 0.6 is 15.9 Å². The minimum absolute atomic E-state index is 0.00204. The number of hydrogen-bond donors (Lipinski definition) is 2. The number of anilines is 1. The lowest BCUT2D eigenvalue weighted by Gasteiger charge is -2.18. The standard InChI is InChI=1S/C12H10BrNO6S/c1-14(7-2-4-8(15)5-3-7)21(18,19)10-6-9(12(16)17)20-11(10)13/h2-6,15H,1H3,(H,16,17). The van der Waals surface area contributed by atoms with Gasteiger partial charge in [-0.05, 0) is 40.2 Å². The first-order valence-electron chi connectivity index (χ1n) is 5.54. The number of aromatic hydroxyl groups is 1. The van der Waals surface area contributed by atoms with E-state index in [-0.39, 0.29) is 15.3 Å². The molecule has 21 heavy (non-hydrogen) atoms. The number of halogens is 1. The summed E-state index contributed by atoms with van der Waals surface area (Å²) in [7, 11) is -2.69. The van der Waals surface area contributed by atoms with Crippen LogP contribution in [0, 0.1) is 0 Å². The summed E-state index contributed by atoms with van der Waals surface area (Å²) < 4.78 is 30.5. The molecular formula is C12H10BrNO6S. The molecular weight excluding hydrogens is 366 g/mol. The molecule has 1 aromatic heterocycles. The molecule has 2 aromatic rings. The van der Waals surface area contributed by atoms with Gasteiger partial charge in [-0.15, -0.1) is 0 Å². The van der Waals surface area contributed by atoms with E-state index in [1.165, 1.54) is 31.3 Å². The van der Waals surface area contributed by atoms with Gasteiger partial charge in [-0.3, -0.25) is 4.31 Å². The second-order valence-corrected chi connectivity index (χ2v) is 6.70. The summed E-state index contributed by atoms with van der Waals surface area (Å²) >= 11 is 2.90. The van der Waals surface area contributed by atoms with Crippen molar-refractivity contribution in [2.24, 2.45) is 0 Å². The third-order valence-corrected chi connectivity index (χ3v) is 5.36. The van der Waals surface area contributed by atoms with Crippen LogP contribution in [-0.2, 0) is 10.0 Å². The van der Waals surface area contributed by atoms with Gasteiger partial charge in [0, 0.05) is 13.1 Å². The Labute approximate surface area is 128 Å².